The summed E-state index contributed by atoms with van der Waals surface area (Å²) < 4.78 is 5.89. The lowest BCUT2D eigenvalue weighted by Gasteiger charge is -2.16. The van der Waals surface area contributed by atoms with Crippen molar-refractivity contribution >= 4 is 0 Å². The molecular weight excluding hydrogens is 250 g/mol. The van der Waals surface area contributed by atoms with Crippen LogP contribution < -0.4 is 4.74 Å². The first-order valence-electron chi connectivity index (χ1n) is 6.61. The fourth-order valence-corrected chi connectivity index (χ4v) is 1.97. The molecule has 0 amide bonds. The number of hydrogen-bond acceptors (Lipinski definition) is 3. The molecule has 0 aliphatic rings. The van der Waals surface area contributed by atoms with Crippen LogP contribution in [-0.4, -0.2) is 5.11 Å². The fraction of sp³-hybridized carbons (Fsp3) is 0.235. The first-order chi connectivity index (χ1) is 9.65. The van der Waals surface area contributed by atoms with Crippen molar-refractivity contribution in [2.45, 2.75) is 26.4 Å². The predicted octanol–water partition coefficient (Wildman–Crippen LogP) is 4.10. The Morgan fingerprint density at radius 1 is 1.20 bits per heavy atom. The van der Waals surface area contributed by atoms with Gasteiger partial charge in [-0.2, -0.15) is 5.26 Å². The van der Waals surface area contributed by atoms with Crippen LogP contribution >= 0.6 is 0 Å². The SMILES string of the molecule is CC[C@H](O)c1ccccc1Oc1cc(C#N)ccc1C. The van der Waals surface area contributed by atoms with Crippen molar-refractivity contribution in [3.05, 3.63) is 59.2 Å². The van der Waals surface area contributed by atoms with Gasteiger partial charge in [-0.3, -0.25) is 0 Å². The second-order valence-electron chi connectivity index (χ2n) is 4.66. The van der Waals surface area contributed by atoms with Gasteiger partial charge in [0, 0.05) is 5.56 Å². The molecule has 20 heavy (non-hydrogen) atoms. The summed E-state index contributed by atoms with van der Waals surface area (Å²) in [6.07, 6.45) is 0.0723. The molecule has 2 aromatic carbocycles. The summed E-state index contributed by atoms with van der Waals surface area (Å²) >= 11 is 0. The van der Waals surface area contributed by atoms with Crippen LogP contribution in [0.2, 0.25) is 0 Å². The molecule has 0 aliphatic carbocycles. The van der Waals surface area contributed by atoms with Crippen LogP contribution in [0.15, 0.2) is 42.5 Å². The van der Waals surface area contributed by atoms with E-state index in [1.54, 1.807) is 12.1 Å². The average molecular weight is 267 g/mol. The lowest BCUT2D eigenvalue weighted by Crippen LogP contribution is -1.99. The van der Waals surface area contributed by atoms with Crippen LogP contribution in [0.5, 0.6) is 11.5 Å². The first-order valence-corrected chi connectivity index (χ1v) is 6.61. The normalized spacial score (nSPS) is 11.7. The van der Waals surface area contributed by atoms with Crippen molar-refractivity contribution < 1.29 is 9.84 Å². The molecule has 0 aliphatic heterocycles. The second-order valence-corrected chi connectivity index (χ2v) is 4.66. The molecule has 0 saturated heterocycles. The van der Waals surface area contributed by atoms with Gasteiger partial charge < -0.3 is 9.84 Å². The van der Waals surface area contributed by atoms with Crippen LogP contribution in [0, 0.1) is 18.3 Å². The number of nitrogens with zero attached hydrogens (tertiary/aromatic N) is 1. The second kappa shape index (κ2) is 6.23. The van der Waals surface area contributed by atoms with Gasteiger partial charge >= 0.3 is 0 Å². The first kappa shape index (κ1) is 14.1. The monoisotopic (exact) mass is 267 g/mol. The van der Waals surface area contributed by atoms with Crippen molar-refractivity contribution in [3.63, 3.8) is 0 Å². The van der Waals surface area contributed by atoms with E-state index in [0.717, 1.165) is 11.1 Å². The van der Waals surface area contributed by atoms with Gasteiger partial charge in [0.25, 0.3) is 0 Å². The Morgan fingerprint density at radius 2 is 1.95 bits per heavy atom. The average Bonchev–Trinajstić information content (AvgIpc) is 2.49. The molecule has 0 unspecified atom stereocenters. The Balaban J connectivity index is 2.38. The molecular formula is C17H17NO2. The van der Waals surface area contributed by atoms with Crippen LogP contribution in [-0.2, 0) is 0 Å². The predicted molar refractivity (Wildman–Crippen MR) is 77.7 cm³/mol. The third-order valence-corrected chi connectivity index (χ3v) is 3.20. The fourth-order valence-electron chi connectivity index (χ4n) is 1.97. The molecule has 0 fully saturated rings. The van der Waals surface area contributed by atoms with Crippen LogP contribution in [0.4, 0.5) is 0 Å². The number of aliphatic hydroxyl groups is 1. The maximum atomic E-state index is 10.0. The molecule has 0 bridgehead atoms. The lowest BCUT2D eigenvalue weighted by molar-refractivity contribution is 0.170. The smallest absolute Gasteiger partial charge is 0.133 e. The molecule has 0 saturated carbocycles. The minimum Gasteiger partial charge on any atom is -0.457 e. The van der Waals surface area contributed by atoms with E-state index in [4.69, 9.17) is 10.00 Å². The highest BCUT2D eigenvalue weighted by molar-refractivity contribution is 5.46. The standard InChI is InChI=1S/C17H17NO2/c1-3-15(19)14-6-4-5-7-16(14)20-17-10-13(11-18)9-8-12(17)2/h4-10,15,19H,3H2,1-2H3/t15-/m0/s1. The van der Waals surface area contributed by atoms with Crippen molar-refractivity contribution in [2.24, 2.45) is 0 Å². The largest absolute Gasteiger partial charge is 0.457 e. The minimum absolute atomic E-state index is 0.550. The number of ether oxygens (including phenoxy) is 1. The van der Waals surface area contributed by atoms with Gasteiger partial charge in [-0.1, -0.05) is 31.2 Å². The zero-order valence-electron chi connectivity index (χ0n) is 11.6. The van der Waals surface area contributed by atoms with Gasteiger partial charge in [-0.25, -0.2) is 0 Å². The van der Waals surface area contributed by atoms with E-state index in [1.807, 2.05) is 44.2 Å². The minimum atomic E-state index is -0.550. The van der Waals surface area contributed by atoms with Crippen LogP contribution in [0.3, 0.4) is 0 Å². The van der Waals surface area contributed by atoms with Crippen LogP contribution in [0.1, 0.15) is 36.1 Å². The van der Waals surface area contributed by atoms with E-state index >= 15 is 0 Å². The molecule has 0 aromatic heterocycles. The molecule has 2 rings (SSSR count). The van der Waals surface area contributed by atoms with E-state index in [1.165, 1.54) is 0 Å². The quantitative estimate of drug-likeness (QED) is 0.907. The van der Waals surface area contributed by atoms with E-state index in [9.17, 15) is 5.11 Å². The third-order valence-electron chi connectivity index (χ3n) is 3.20. The molecule has 0 radical (unpaired) electrons. The Bertz CT molecular complexity index is 644. The molecule has 1 N–H and O–H groups in total. The number of benzene rings is 2. The molecule has 0 spiro atoms. The highest BCUT2D eigenvalue weighted by Gasteiger charge is 2.12. The summed E-state index contributed by atoms with van der Waals surface area (Å²) in [5.41, 5.74) is 2.26. The van der Waals surface area contributed by atoms with Gasteiger partial charge in [0.2, 0.25) is 0 Å². The van der Waals surface area contributed by atoms with Gasteiger partial charge in [-0.05, 0) is 37.1 Å². The lowest BCUT2D eigenvalue weighted by atomic mass is 10.1. The number of nitriles is 1. The summed E-state index contributed by atoms with van der Waals surface area (Å²) in [6.45, 7) is 3.85. The van der Waals surface area contributed by atoms with Gasteiger partial charge in [0.15, 0.2) is 0 Å². The van der Waals surface area contributed by atoms with Gasteiger partial charge in [0.05, 0.1) is 17.7 Å². The molecule has 102 valence electrons. The third kappa shape index (κ3) is 2.98. The zero-order chi connectivity index (χ0) is 14.5. The van der Waals surface area contributed by atoms with E-state index in [0.29, 0.717) is 23.5 Å². The van der Waals surface area contributed by atoms with Gasteiger partial charge in [0.1, 0.15) is 11.5 Å². The van der Waals surface area contributed by atoms with Crippen molar-refractivity contribution in [3.8, 4) is 17.6 Å². The number of aliphatic hydroxyl groups excluding tert-OH is 1. The molecule has 0 heterocycles. The zero-order valence-corrected chi connectivity index (χ0v) is 11.6. The number of rotatable bonds is 4. The van der Waals surface area contributed by atoms with E-state index in [-0.39, 0.29) is 0 Å². The molecule has 3 heteroatoms. The van der Waals surface area contributed by atoms with Gasteiger partial charge in [-0.15, -0.1) is 0 Å². The highest BCUT2D eigenvalue weighted by Crippen LogP contribution is 2.32. The number of hydrogen-bond donors (Lipinski definition) is 1. The Labute approximate surface area is 119 Å². The highest BCUT2D eigenvalue weighted by atomic mass is 16.5. The summed E-state index contributed by atoms with van der Waals surface area (Å²) in [5, 5.41) is 19.0. The topological polar surface area (TPSA) is 53.2 Å². The number of para-hydroxylation sites is 1. The van der Waals surface area contributed by atoms with E-state index < -0.39 is 6.10 Å². The molecule has 3 nitrogen and oxygen atoms in total. The maximum Gasteiger partial charge on any atom is 0.133 e. The van der Waals surface area contributed by atoms with Crippen molar-refractivity contribution in [2.75, 3.05) is 0 Å². The molecule has 2 aromatic rings. The van der Waals surface area contributed by atoms with Crippen LogP contribution in [0.25, 0.3) is 0 Å². The Kier molecular flexibility index (Phi) is 4.39. The molecule has 1 atom stereocenters. The summed E-state index contributed by atoms with van der Waals surface area (Å²) in [7, 11) is 0. The maximum absolute atomic E-state index is 10.0. The van der Waals surface area contributed by atoms with E-state index in [2.05, 4.69) is 6.07 Å². The summed E-state index contributed by atoms with van der Waals surface area (Å²) in [5.74, 6) is 1.26. The number of aryl methyl sites for hydroxylation is 1. The van der Waals surface area contributed by atoms with Crippen molar-refractivity contribution in [1.82, 2.24) is 0 Å². The Hall–Kier alpha value is -2.31. The summed E-state index contributed by atoms with van der Waals surface area (Å²) in [4.78, 5) is 0. The summed E-state index contributed by atoms with van der Waals surface area (Å²) in [6, 6.07) is 14.8. The Morgan fingerprint density at radius 3 is 2.65 bits per heavy atom. The van der Waals surface area contributed by atoms with Crippen molar-refractivity contribution in [1.29, 1.82) is 5.26 Å².